The van der Waals surface area contributed by atoms with Crippen LogP contribution in [-0.2, 0) is 20.3 Å². The Kier molecular flexibility index (Phi) is 5.64. The van der Waals surface area contributed by atoms with Gasteiger partial charge in [0.2, 0.25) is 11.4 Å². The first kappa shape index (κ1) is 21.8. The molecular weight excluding hydrogens is 414 g/mol. The zero-order valence-corrected chi connectivity index (χ0v) is 17.8. The monoisotopic (exact) mass is 436 g/mol. The second-order valence-electron chi connectivity index (χ2n) is 6.88. The lowest BCUT2D eigenvalue weighted by Gasteiger charge is -2.34. The Bertz CT molecular complexity index is 1090. The second-order valence-corrected chi connectivity index (χ2v) is 9.10. The van der Waals surface area contributed by atoms with E-state index in [0.29, 0.717) is 0 Å². The van der Waals surface area contributed by atoms with Crippen molar-refractivity contribution >= 4 is 9.84 Å². The van der Waals surface area contributed by atoms with Crippen molar-refractivity contribution in [1.82, 2.24) is 0 Å². The Hall–Kier alpha value is -2.87. The summed E-state index contributed by atoms with van der Waals surface area (Å²) < 4.78 is 70.4. The molecule has 0 heterocycles. The molecule has 0 amide bonds. The molecule has 0 saturated carbocycles. The number of methoxy groups -OCH3 is 3. The van der Waals surface area contributed by atoms with Gasteiger partial charge in [-0.25, -0.2) is 17.2 Å². The van der Waals surface area contributed by atoms with Crippen molar-refractivity contribution < 1.29 is 31.4 Å². The van der Waals surface area contributed by atoms with Crippen LogP contribution in [0.3, 0.4) is 0 Å². The number of allylic oxidation sites excluding steroid dienone is 2. The van der Waals surface area contributed by atoms with Crippen LogP contribution in [0.4, 0.5) is 8.78 Å². The minimum atomic E-state index is -4.00. The van der Waals surface area contributed by atoms with Gasteiger partial charge < -0.3 is 14.2 Å². The molecule has 0 saturated heterocycles. The van der Waals surface area contributed by atoms with Gasteiger partial charge in [0, 0.05) is 6.26 Å². The summed E-state index contributed by atoms with van der Waals surface area (Å²) in [6.07, 6.45) is 3.83. The van der Waals surface area contributed by atoms with E-state index in [1.807, 2.05) is 0 Å². The van der Waals surface area contributed by atoms with Gasteiger partial charge in [-0.05, 0) is 35.4 Å². The fraction of sp³-hybridized carbons (Fsp3) is 0.273. The maximum Gasteiger partial charge on any atom is 0.205 e. The predicted molar refractivity (Wildman–Crippen MR) is 110 cm³/mol. The van der Waals surface area contributed by atoms with Gasteiger partial charge in [-0.2, -0.15) is 0 Å². The molecule has 2 aromatic carbocycles. The van der Waals surface area contributed by atoms with Crippen LogP contribution in [0.1, 0.15) is 11.1 Å². The molecule has 0 N–H and O–H groups in total. The molecule has 0 bridgehead atoms. The van der Waals surface area contributed by atoms with E-state index in [1.54, 1.807) is 18.2 Å². The van der Waals surface area contributed by atoms with E-state index in [-0.39, 0.29) is 28.4 Å². The Morgan fingerprint density at radius 2 is 1.43 bits per heavy atom. The van der Waals surface area contributed by atoms with E-state index in [9.17, 15) is 8.42 Å². The summed E-state index contributed by atoms with van der Waals surface area (Å²) in [6.45, 7) is 0. The van der Waals surface area contributed by atoms with Gasteiger partial charge in [0.25, 0.3) is 0 Å². The molecule has 0 radical (unpaired) electrons. The Balaban J connectivity index is 2.27. The molecule has 0 aliphatic heterocycles. The number of alkyl halides is 1. The molecule has 160 valence electrons. The molecule has 0 aromatic heterocycles. The number of rotatable bonds is 6. The number of benzene rings is 2. The molecule has 30 heavy (non-hydrogen) atoms. The maximum absolute atomic E-state index is 15.6. The largest absolute Gasteiger partial charge is 0.493 e. The quantitative estimate of drug-likeness (QED) is 0.634. The predicted octanol–water partition coefficient (Wildman–Crippen LogP) is 4.24. The molecule has 0 fully saturated rings. The molecule has 2 unspecified atom stereocenters. The third-order valence-corrected chi connectivity index (χ3v) is 6.89. The van der Waals surface area contributed by atoms with Gasteiger partial charge >= 0.3 is 0 Å². The van der Waals surface area contributed by atoms with Crippen LogP contribution in [0.5, 0.6) is 17.2 Å². The van der Waals surface area contributed by atoms with Crippen molar-refractivity contribution in [2.24, 2.45) is 0 Å². The number of sulfone groups is 1. The lowest BCUT2D eigenvalue weighted by Crippen LogP contribution is -2.36. The van der Waals surface area contributed by atoms with Crippen LogP contribution >= 0.6 is 0 Å². The average molecular weight is 436 g/mol. The van der Waals surface area contributed by atoms with Crippen LogP contribution < -0.4 is 14.2 Å². The third-order valence-electron chi connectivity index (χ3n) is 5.17. The third kappa shape index (κ3) is 3.35. The van der Waals surface area contributed by atoms with Crippen LogP contribution in [-0.4, -0.2) is 36.0 Å². The number of hydrogen-bond acceptors (Lipinski definition) is 5. The summed E-state index contributed by atoms with van der Waals surface area (Å²) in [5.74, 6) is -0.592. The summed E-state index contributed by atoms with van der Waals surface area (Å²) in [5.41, 5.74) is -2.39. The Morgan fingerprint density at radius 1 is 0.867 bits per heavy atom. The minimum Gasteiger partial charge on any atom is -0.493 e. The van der Waals surface area contributed by atoms with Crippen LogP contribution in [0, 0.1) is 0 Å². The molecule has 5 nitrogen and oxygen atoms in total. The van der Waals surface area contributed by atoms with E-state index in [1.165, 1.54) is 45.6 Å². The highest BCUT2D eigenvalue weighted by molar-refractivity contribution is 7.92. The first-order valence-electron chi connectivity index (χ1n) is 8.96. The van der Waals surface area contributed by atoms with Gasteiger partial charge in [-0.15, -0.1) is 0 Å². The van der Waals surface area contributed by atoms with E-state index < -0.39 is 26.1 Å². The van der Waals surface area contributed by atoms with Gasteiger partial charge in [0.1, 0.15) is 10.6 Å². The Labute approximate surface area is 174 Å². The lowest BCUT2D eigenvalue weighted by molar-refractivity contribution is 0.232. The van der Waals surface area contributed by atoms with Gasteiger partial charge in [0.15, 0.2) is 21.3 Å². The summed E-state index contributed by atoms with van der Waals surface area (Å²) >= 11 is 0. The SMILES string of the molecule is COc1cc(C2(S(C)(=O)=O)C=CC(F)(c3ccccc3)C(F)=C2)cc(OC)c1OC. The smallest absolute Gasteiger partial charge is 0.205 e. The van der Waals surface area contributed by atoms with Crippen molar-refractivity contribution in [2.75, 3.05) is 27.6 Å². The van der Waals surface area contributed by atoms with Crippen LogP contribution in [0.15, 0.2) is 66.5 Å². The maximum atomic E-state index is 15.6. The summed E-state index contributed by atoms with van der Waals surface area (Å²) in [6, 6.07) is 10.5. The molecule has 1 aliphatic carbocycles. The summed E-state index contributed by atoms with van der Waals surface area (Å²) in [5, 5.41) is 0. The first-order valence-corrected chi connectivity index (χ1v) is 10.9. The minimum absolute atomic E-state index is 0.0574. The lowest BCUT2D eigenvalue weighted by atomic mass is 9.83. The van der Waals surface area contributed by atoms with E-state index in [0.717, 1.165) is 24.5 Å². The van der Waals surface area contributed by atoms with E-state index >= 15 is 8.78 Å². The van der Waals surface area contributed by atoms with Crippen molar-refractivity contribution in [3.63, 3.8) is 0 Å². The van der Waals surface area contributed by atoms with Crippen LogP contribution in [0.2, 0.25) is 0 Å². The molecule has 8 heteroatoms. The highest BCUT2D eigenvalue weighted by Crippen LogP contribution is 2.49. The van der Waals surface area contributed by atoms with E-state index in [4.69, 9.17) is 14.2 Å². The van der Waals surface area contributed by atoms with Gasteiger partial charge in [0.05, 0.1) is 21.3 Å². The summed E-state index contributed by atoms with van der Waals surface area (Å²) in [4.78, 5) is 0. The van der Waals surface area contributed by atoms with Crippen molar-refractivity contribution in [2.45, 2.75) is 10.4 Å². The molecule has 2 atom stereocenters. The zero-order chi connectivity index (χ0) is 22.2. The molecule has 0 spiro atoms. The fourth-order valence-corrected chi connectivity index (χ4v) is 4.68. The highest BCUT2D eigenvalue weighted by Gasteiger charge is 2.48. The van der Waals surface area contributed by atoms with Crippen molar-refractivity contribution in [3.05, 3.63) is 77.6 Å². The zero-order valence-electron chi connectivity index (χ0n) is 17.0. The van der Waals surface area contributed by atoms with Gasteiger partial charge in [-0.1, -0.05) is 36.4 Å². The Morgan fingerprint density at radius 3 is 1.87 bits per heavy atom. The molecule has 1 aliphatic rings. The standard InChI is InChI=1S/C22H22F2O5S/c1-27-17-12-16(13-18(28-2)20(17)29-3)21(30(4,25)26)10-11-22(24,19(23)14-21)15-8-6-5-7-9-15/h5-14H,1-4H3. The van der Waals surface area contributed by atoms with E-state index in [2.05, 4.69) is 0 Å². The number of hydrogen-bond donors (Lipinski definition) is 0. The van der Waals surface area contributed by atoms with Crippen molar-refractivity contribution in [3.8, 4) is 17.2 Å². The van der Waals surface area contributed by atoms with Crippen molar-refractivity contribution in [1.29, 1.82) is 0 Å². The molecule has 2 aromatic rings. The van der Waals surface area contributed by atoms with Gasteiger partial charge in [-0.3, -0.25) is 0 Å². The normalized spacial score (nSPS) is 23.6. The first-order chi connectivity index (χ1) is 14.1. The van der Waals surface area contributed by atoms with Crippen LogP contribution in [0.25, 0.3) is 0 Å². The fourth-order valence-electron chi connectivity index (χ4n) is 3.51. The number of halogens is 2. The molecular formula is C22H22F2O5S. The highest BCUT2D eigenvalue weighted by atomic mass is 32.2. The number of ether oxygens (including phenoxy) is 3. The molecule has 3 rings (SSSR count). The topological polar surface area (TPSA) is 61.8 Å². The summed E-state index contributed by atoms with van der Waals surface area (Å²) in [7, 11) is 0.166. The second kappa shape index (κ2) is 7.75. The average Bonchev–Trinajstić information content (AvgIpc) is 2.74.